The number of imidazole rings is 1. The fourth-order valence-corrected chi connectivity index (χ4v) is 6.91. The minimum Gasteiger partial charge on any atom is -0.292 e. The Balaban J connectivity index is 1.59. The lowest BCUT2D eigenvalue weighted by Gasteiger charge is -2.22. The van der Waals surface area contributed by atoms with Crippen LogP contribution < -0.4 is 0 Å². The number of benzene rings is 4. The lowest BCUT2D eigenvalue weighted by Crippen LogP contribution is -2.08. The van der Waals surface area contributed by atoms with E-state index in [9.17, 15) is 4.39 Å². The average molecular weight is 530 g/mol. The molecular weight excluding hydrogens is 501 g/mol. The van der Waals surface area contributed by atoms with Gasteiger partial charge in [0.25, 0.3) is 0 Å². The maximum absolute atomic E-state index is 14.0. The summed E-state index contributed by atoms with van der Waals surface area (Å²) in [6, 6.07) is 28.3. The van der Waals surface area contributed by atoms with E-state index in [1.165, 1.54) is 22.9 Å². The van der Waals surface area contributed by atoms with Crippen LogP contribution in [0.1, 0.15) is 50.7 Å². The van der Waals surface area contributed by atoms with E-state index in [0.29, 0.717) is 11.8 Å². The van der Waals surface area contributed by atoms with Crippen molar-refractivity contribution in [2.75, 3.05) is 0 Å². The Labute approximate surface area is 230 Å². The minimum absolute atomic E-state index is 0.248. The zero-order valence-electron chi connectivity index (χ0n) is 22.4. The SMILES string of the molecule is CC(C)c1cccc(C(C)C)c1-n1c(-c2cccc3c2sc2nc4ccc(F)cc4cc23)nc2ccccc21. The highest BCUT2D eigenvalue weighted by Crippen LogP contribution is 2.43. The van der Waals surface area contributed by atoms with Crippen LogP contribution in [-0.4, -0.2) is 14.5 Å². The highest BCUT2D eigenvalue weighted by molar-refractivity contribution is 7.26. The number of hydrogen-bond donors (Lipinski definition) is 0. The summed E-state index contributed by atoms with van der Waals surface area (Å²) in [6.07, 6.45) is 0. The molecule has 0 saturated heterocycles. The van der Waals surface area contributed by atoms with Gasteiger partial charge < -0.3 is 0 Å². The van der Waals surface area contributed by atoms with Crippen molar-refractivity contribution in [3.8, 4) is 17.1 Å². The van der Waals surface area contributed by atoms with Crippen molar-refractivity contribution in [1.82, 2.24) is 14.5 Å². The Bertz CT molecular complexity index is 2020. The van der Waals surface area contributed by atoms with Gasteiger partial charge in [0.1, 0.15) is 16.5 Å². The summed E-state index contributed by atoms with van der Waals surface area (Å²) in [7, 11) is 0. The van der Waals surface area contributed by atoms with Gasteiger partial charge in [-0.15, -0.1) is 11.3 Å². The van der Waals surface area contributed by atoms with Crippen LogP contribution in [0.25, 0.3) is 59.3 Å². The van der Waals surface area contributed by atoms with Gasteiger partial charge in [-0.05, 0) is 65.4 Å². The van der Waals surface area contributed by atoms with Gasteiger partial charge in [0.05, 0.1) is 22.2 Å². The molecule has 0 unspecified atom stereocenters. The van der Waals surface area contributed by atoms with E-state index >= 15 is 0 Å². The molecule has 0 aliphatic carbocycles. The lowest BCUT2D eigenvalue weighted by molar-refractivity contribution is 0.629. The van der Waals surface area contributed by atoms with Gasteiger partial charge in [0, 0.05) is 26.4 Å². The highest BCUT2D eigenvalue weighted by atomic mass is 32.1. The maximum Gasteiger partial charge on any atom is 0.147 e. The number of halogens is 1. The van der Waals surface area contributed by atoms with Crippen molar-refractivity contribution < 1.29 is 4.39 Å². The summed E-state index contributed by atoms with van der Waals surface area (Å²) in [5, 5.41) is 2.97. The normalized spacial score (nSPS) is 12.2. The molecule has 0 atom stereocenters. The van der Waals surface area contributed by atoms with Crippen molar-refractivity contribution in [2.24, 2.45) is 0 Å². The Hall–Kier alpha value is -4.09. The molecule has 0 saturated carbocycles. The topological polar surface area (TPSA) is 30.7 Å². The smallest absolute Gasteiger partial charge is 0.147 e. The third-order valence-corrected chi connectivity index (χ3v) is 8.76. The number of nitrogens with zero attached hydrogens (tertiary/aromatic N) is 3. The highest BCUT2D eigenvalue weighted by Gasteiger charge is 2.23. The lowest BCUT2D eigenvalue weighted by atomic mass is 9.92. The Morgan fingerprint density at radius 2 is 1.46 bits per heavy atom. The van der Waals surface area contributed by atoms with Gasteiger partial charge in [-0.2, -0.15) is 0 Å². The van der Waals surface area contributed by atoms with E-state index in [0.717, 1.165) is 53.6 Å². The van der Waals surface area contributed by atoms with E-state index in [2.05, 4.69) is 99.0 Å². The second-order valence-electron chi connectivity index (χ2n) is 10.8. The predicted octanol–water partition coefficient (Wildman–Crippen LogP) is 9.99. The van der Waals surface area contributed by atoms with Gasteiger partial charge >= 0.3 is 0 Å². The molecule has 0 fully saturated rings. The maximum atomic E-state index is 14.0. The predicted molar refractivity (Wildman–Crippen MR) is 163 cm³/mol. The minimum atomic E-state index is -0.248. The second-order valence-corrected chi connectivity index (χ2v) is 11.8. The number of fused-ring (bicyclic) bond motifs is 5. The van der Waals surface area contributed by atoms with Gasteiger partial charge in [-0.25, -0.2) is 14.4 Å². The Kier molecular flexibility index (Phi) is 5.53. The molecule has 0 aliphatic rings. The zero-order chi connectivity index (χ0) is 26.8. The summed E-state index contributed by atoms with van der Waals surface area (Å²) >= 11 is 1.68. The first-order chi connectivity index (χ1) is 18.9. The van der Waals surface area contributed by atoms with Gasteiger partial charge in [-0.1, -0.05) is 70.2 Å². The standard InChI is InChI=1S/C34H28FN3S/c1-19(2)23-9-7-10-24(20(3)4)31(23)38-30-14-6-5-13-29(30)36-33(38)26-12-8-11-25-27-18-21-17-22(35)15-16-28(21)37-34(27)39-32(25)26/h5-20H,1-4H3. The summed E-state index contributed by atoms with van der Waals surface area (Å²) < 4.78 is 17.5. The van der Waals surface area contributed by atoms with E-state index in [4.69, 9.17) is 9.97 Å². The number of aromatic nitrogens is 3. The molecule has 3 heterocycles. The third kappa shape index (κ3) is 3.75. The number of para-hydroxylation sites is 3. The molecule has 3 nitrogen and oxygen atoms in total. The molecule has 5 heteroatoms. The first kappa shape index (κ1) is 24.0. The molecule has 0 amide bonds. The zero-order valence-corrected chi connectivity index (χ0v) is 23.2. The van der Waals surface area contributed by atoms with Crippen molar-refractivity contribution in [3.63, 3.8) is 0 Å². The van der Waals surface area contributed by atoms with E-state index in [1.807, 2.05) is 0 Å². The van der Waals surface area contributed by atoms with Gasteiger partial charge in [0.15, 0.2) is 0 Å². The van der Waals surface area contributed by atoms with Gasteiger partial charge in [0.2, 0.25) is 0 Å². The van der Waals surface area contributed by atoms with E-state index in [-0.39, 0.29) is 5.82 Å². The monoisotopic (exact) mass is 529 g/mol. The van der Waals surface area contributed by atoms with Crippen LogP contribution in [0.4, 0.5) is 4.39 Å². The van der Waals surface area contributed by atoms with E-state index in [1.54, 1.807) is 23.5 Å². The molecule has 7 aromatic rings. The first-order valence-corrected chi connectivity index (χ1v) is 14.2. The average Bonchev–Trinajstić information content (AvgIpc) is 3.49. The fourth-order valence-electron chi connectivity index (χ4n) is 5.74. The molecule has 192 valence electrons. The second kappa shape index (κ2) is 8.99. The summed E-state index contributed by atoms with van der Waals surface area (Å²) in [5.41, 5.74) is 7.79. The number of pyridine rings is 1. The van der Waals surface area contributed by atoms with Crippen LogP contribution in [-0.2, 0) is 0 Å². The molecule has 3 aromatic heterocycles. The molecule has 7 rings (SSSR count). The van der Waals surface area contributed by atoms with Crippen LogP contribution >= 0.6 is 11.3 Å². The van der Waals surface area contributed by atoms with Crippen molar-refractivity contribution in [2.45, 2.75) is 39.5 Å². The Morgan fingerprint density at radius 1 is 0.718 bits per heavy atom. The van der Waals surface area contributed by atoms with Crippen molar-refractivity contribution >= 4 is 53.6 Å². The third-order valence-electron chi connectivity index (χ3n) is 7.61. The summed E-state index contributed by atoms with van der Waals surface area (Å²) in [4.78, 5) is 11.1. The molecular formula is C34H28FN3S. The van der Waals surface area contributed by atoms with Crippen molar-refractivity contribution in [3.05, 3.63) is 102 Å². The Morgan fingerprint density at radius 3 is 2.23 bits per heavy atom. The molecule has 0 N–H and O–H groups in total. The molecule has 0 spiro atoms. The summed E-state index contributed by atoms with van der Waals surface area (Å²) in [5.74, 6) is 1.39. The van der Waals surface area contributed by atoms with Crippen LogP contribution in [0, 0.1) is 5.82 Å². The fraction of sp³-hybridized carbons (Fsp3) is 0.176. The molecule has 0 radical (unpaired) electrons. The summed E-state index contributed by atoms with van der Waals surface area (Å²) in [6.45, 7) is 9.03. The largest absolute Gasteiger partial charge is 0.292 e. The molecule has 0 bridgehead atoms. The van der Waals surface area contributed by atoms with Crippen LogP contribution in [0.15, 0.2) is 84.9 Å². The van der Waals surface area contributed by atoms with Crippen LogP contribution in [0.2, 0.25) is 0 Å². The molecule has 0 aliphatic heterocycles. The van der Waals surface area contributed by atoms with Crippen LogP contribution in [0.5, 0.6) is 0 Å². The number of thiophene rings is 1. The van der Waals surface area contributed by atoms with Crippen LogP contribution in [0.3, 0.4) is 0 Å². The quantitative estimate of drug-likeness (QED) is 0.227. The molecule has 4 aromatic carbocycles. The first-order valence-electron chi connectivity index (χ1n) is 13.4. The molecule has 39 heavy (non-hydrogen) atoms. The number of rotatable bonds is 4. The van der Waals surface area contributed by atoms with E-state index < -0.39 is 0 Å². The van der Waals surface area contributed by atoms with Gasteiger partial charge in [-0.3, -0.25) is 4.57 Å². The number of hydrogen-bond acceptors (Lipinski definition) is 3. The van der Waals surface area contributed by atoms with Crippen molar-refractivity contribution in [1.29, 1.82) is 0 Å².